The molecule has 14 heavy (non-hydrogen) atoms. The molecule has 0 aliphatic carbocycles. The Kier molecular flexibility index (Phi) is 2.58. The van der Waals surface area contributed by atoms with Crippen LogP contribution in [0.2, 0.25) is 10.0 Å². The van der Waals surface area contributed by atoms with Gasteiger partial charge in [-0.15, -0.1) is 0 Å². The molecule has 0 spiro atoms. The molecular formula is C8H5Cl2N3S. The van der Waals surface area contributed by atoms with Crippen molar-refractivity contribution in [3.05, 3.63) is 39.3 Å². The van der Waals surface area contributed by atoms with Gasteiger partial charge in [-0.3, -0.25) is 5.10 Å². The molecule has 0 saturated carbocycles. The molecule has 1 aromatic carbocycles. The maximum Gasteiger partial charge on any atom is 0.213 e. The average Bonchev–Trinajstić information content (AvgIpc) is 2.50. The lowest BCUT2D eigenvalue weighted by Crippen LogP contribution is -1.93. The Morgan fingerprint density at radius 3 is 2.36 bits per heavy atom. The number of nitrogens with zero attached hydrogens (tertiary/aromatic N) is 2. The number of hydrogen-bond acceptors (Lipinski definition) is 2. The molecule has 2 aromatic rings. The molecule has 1 heterocycles. The number of halogens is 2. The molecule has 72 valence electrons. The van der Waals surface area contributed by atoms with Crippen LogP contribution in [0.3, 0.4) is 0 Å². The number of aromatic amines is 1. The van der Waals surface area contributed by atoms with E-state index in [1.807, 2.05) is 0 Å². The van der Waals surface area contributed by atoms with Crippen LogP contribution in [0.25, 0.3) is 5.69 Å². The summed E-state index contributed by atoms with van der Waals surface area (Å²) < 4.78 is 2.07. The van der Waals surface area contributed by atoms with Crippen LogP contribution in [0.4, 0.5) is 0 Å². The fourth-order valence-corrected chi connectivity index (χ4v) is 1.74. The summed E-state index contributed by atoms with van der Waals surface area (Å²) in [4.78, 5) is 3.89. The first kappa shape index (κ1) is 9.71. The van der Waals surface area contributed by atoms with Gasteiger partial charge < -0.3 is 0 Å². The molecule has 0 saturated heterocycles. The maximum atomic E-state index is 5.85. The molecule has 3 nitrogen and oxygen atoms in total. The predicted octanol–water partition coefficient (Wildman–Crippen LogP) is 3.24. The van der Waals surface area contributed by atoms with Crippen LogP contribution in [0.1, 0.15) is 0 Å². The van der Waals surface area contributed by atoms with E-state index in [0.29, 0.717) is 14.8 Å². The zero-order valence-corrected chi connectivity index (χ0v) is 9.20. The summed E-state index contributed by atoms with van der Waals surface area (Å²) in [6.45, 7) is 0. The van der Waals surface area contributed by atoms with Crippen molar-refractivity contribution in [1.29, 1.82) is 0 Å². The van der Waals surface area contributed by atoms with Gasteiger partial charge in [0, 0.05) is 10.0 Å². The third-order valence-electron chi connectivity index (χ3n) is 1.63. The molecule has 0 bridgehead atoms. The fraction of sp³-hybridized carbons (Fsp3) is 0. The van der Waals surface area contributed by atoms with E-state index in [1.54, 1.807) is 29.2 Å². The van der Waals surface area contributed by atoms with Crippen molar-refractivity contribution in [2.75, 3.05) is 0 Å². The number of aromatic nitrogens is 3. The third kappa shape index (κ3) is 1.97. The molecule has 0 atom stereocenters. The van der Waals surface area contributed by atoms with E-state index in [1.165, 1.54) is 0 Å². The number of rotatable bonds is 1. The van der Waals surface area contributed by atoms with E-state index < -0.39 is 0 Å². The molecule has 0 amide bonds. The third-order valence-corrected chi connectivity index (χ3v) is 2.27. The highest BCUT2D eigenvalue weighted by molar-refractivity contribution is 7.71. The zero-order valence-electron chi connectivity index (χ0n) is 6.87. The van der Waals surface area contributed by atoms with E-state index >= 15 is 0 Å². The van der Waals surface area contributed by atoms with Crippen molar-refractivity contribution in [3.8, 4) is 5.69 Å². The van der Waals surface area contributed by atoms with Crippen LogP contribution in [0, 0.1) is 4.77 Å². The van der Waals surface area contributed by atoms with Gasteiger partial charge in [0.15, 0.2) is 0 Å². The Bertz CT molecular complexity index is 497. The second kappa shape index (κ2) is 3.73. The summed E-state index contributed by atoms with van der Waals surface area (Å²) in [5.41, 5.74) is 0.797. The van der Waals surface area contributed by atoms with Crippen molar-refractivity contribution in [2.45, 2.75) is 0 Å². The summed E-state index contributed by atoms with van der Waals surface area (Å²) in [6, 6.07) is 5.19. The quantitative estimate of drug-likeness (QED) is 0.783. The van der Waals surface area contributed by atoms with Crippen molar-refractivity contribution in [2.24, 2.45) is 0 Å². The van der Waals surface area contributed by atoms with Gasteiger partial charge in [0.2, 0.25) is 4.77 Å². The van der Waals surface area contributed by atoms with Gasteiger partial charge in [0.25, 0.3) is 0 Å². The van der Waals surface area contributed by atoms with Crippen molar-refractivity contribution >= 4 is 35.4 Å². The second-order valence-electron chi connectivity index (χ2n) is 2.66. The van der Waals surface area contributed by atoms with Gasteiger partial charge in [0.1, 0.15) is 6.33 Å². The summed E-state index contributed by atoms with van der Waals surface area (Å²) in [5.74, 6) is 0. The molecule has 1 aromatic heterocycles. The van der Waals surface area contributed by atoms with Crippen LogP contribution in [-0.2, 0) is 0 Å². The van der Waals surface area contributed by atoms with Crippen LogP contribution in [-0.4, -0.2) is 14.8 Å². The van der Waals surface area contributed by atoms with Crippen molar-refractivity contribution in [3.63, 3.8) is 0 Å². The highest BCUT2D eigenvalue weighted by Crippen LogP contribution is 2.20. The van der Waals surface area contributed by atoms with Crippen molar-refractivity contribution in [1.82, 2.24) is 14.8 Å². The summed E-state index contributed by atoms with van der Waals surface area (Å²) in [7, 11) is 0. The minimum absolute atomic E-state index is 0.418. The Balaban J connectivity index is 2.56. The largest absolute Gasteiger partial charge is 0.267 e. The molecule has 0 unspecified atom stereocenters. The summed E-state index contributed by atoms with van der Waals surface area (Å²) in [6.07, 6.45) is 1.57. The van der Waals surface area contributed by atoms with Gasteiger partial charge in [-0.25, -0.2) is 9.67 Å². The lowest BCUT2D eigenvalue weighted by Gasteiger charge is -2.02. The highest BCUT2D eigenvalue weighted by Gasteiger charge is 2.00. The SMILES string of the molecule is S=c1ncn(-c2cc(Cl)cc(Cl)c2)[nH]1. The average molecular weight is 246 g/mol. The Labute approximate surface area is 95.3 Å². The Morgan fingerprint density at radius 1 is 1.21 bits per heavy atom. The summed E-state index contributed by atoms with van der Waals surface area (Å²) in [5, 5.41) is 3.99. The van der Waals surface area contributed by atoms with E-state index in [0.717, 1.165) is 5.69 Å². The Morgan fingerprint density at radius 2 is 1.86 bits per heavy atom. The first-order valence-corrected chi connectivity index (χ1v) is 4.92. The molecule has 0 radical (unpaired) electrons. The second-order valence-corrected chi connectivity index (χ2v) is 3.92. The zero-order chi connectivity index (χ0) is 10.1. The van der Waals surface area contributed by atoms with E-state index in [9.17, 15) is 0 Å². The normalized spacial score (nSPS) is 10.4. The van der Waals surface area contributed by atoms with E-state index in [2.05, 4.69) is 10.1 Å². The smallest absolute Gasteiger partial charge is 0.213 e. The van der Waals surface area contributed by atoms with Crippen LogP contribution >= 0.6 is 35.4 Å². The van der Waals surface area contributed by atoms with Crippen LogP contribution in [0.15, 0.2) is 24.5 Å². The van der Waals surface area contributed by atoms with E-state index in [4.69, 9.17) is 35.4 Å². The first-order valence-electron chi connectivity index (χ1n) is 3.75. The van der Waals surface area contributed by atoms with Gasteiger partial charge in [0.05, 0.1) is 5.69 Å². The van der Waals surface area contributed by atoms with Crippen LogP contribution < -0.4 is 0 Å². The molecule has 6 heteroatoms. The molecule has 0 aliphatic heterocycles. The maximum absolute atomic E-state index is 5.85. The van der Waals surface area contributed by atoms with Gasteiger partial charge in [-0.1, -0.05) is 23.2 Å². The number of benzene rings is 1. The minimum atomic E-state index is 0.418. The molecular weight excluding hydrogens is 241 g/mol. The molecule has 2 rings (SSSR count). The minimum Gasteiger partial charge on any atom is -0.267 e. The Hall–Kier alpha value is -0.840. The lowest BCUT2D eigenvalue weighted by molar-refractivity contribution is 0.874. The van der Waals surface area contributed by atoms with Gasteiger partial charge in [-0.05, 0) is 30.4 Å². The van der Waals surface area contributed by atoms with E-state index in [-0.39, 0.29) is 0 Å². The number of hydrogen-bond donors (Lipinski definition) is 1. The molecule has 0 fully saturated rings. The molecule has 0 aliphatic rings. The van der Waals surface area contributed by atoms with Crippen molar-refractivity contribution < 1.29 is 0 Å². The topological polar surface area (TPSA) is 33.6 Å². The fourth-order valence-electron chi connectivity index (χ4n) is 1.08. The number of nitrogens with one attached hydrogen (secondary N) is 1. The van der Waals surface area contributed by atoms with Gasteiger partial charge >= 0.3 is 0 Å². The van der Waals surface area contributed by atoms with Crippen LogP contribution in [0.5, 0.6) is 0 Å². The number of H-pyrrole nitrogens is 1. The monoisotopic (exact) mass is 245 g/mol. The van der Waals surface area contributed by atoms with Gasteiger partial charge in [-0.2, -0.15) is 0 Å². The lowest BCUT2D eigenvalue weighted by atomic mass is 10.3. The predicted molar refractivity (Wildman–Crippen MR) is 58.8 cm³/mol. The molecule has 1 N–H and O–H groups in total. The highest BCUT2D eigenvalue weighted by atomic mass is 35.5. The summed E-state index contributed by atoms with van der Waals surface area (Å²) >= 11 is 16.5. The standard InChI is InChI=1S/C8H5Cl2N3S/c9-5-1-6(10)3-7(2-5)13-4-11-8(14)12-13/h1-4H,(H,12,14). The first-order chi connectivity index (χ1) is 6.65.